The first kappa shape index (κ1) is 12.0. The Kier molecular flexibility index (Phi) is 6.25. The van der Waals surface area contributed by atoms with Crippen molar-refractivity contribution in [3.63, 3.8) is 0 Å². The van der Waals surface area contributed by atoms with Crippen molar-refractivity contribution >= 4 is 0 Å². The Balaban J connectivity index is 2.14. The average Bonchev–Trinajstić information content (AvgIpc) is 2.24. The zero-order chi connectivity index (χ0) is 10.2. The molecule has 0 radical (unpaired) electrons. The lowest BCUT2D eigenvalue weighted by molar-refractivity contribution is 0.269. The molecule has 14 heavy (non-hydrogen) atoms. The summed E-state index contributed by atoms with van der Waals surface area (Å²) in [6.07, 6.45) is 11.4. The Morgan fingerprint density at radius 1 is 1.14 bits per heavy atom. The van der Waals surface area contributed by atoms with Gasteiger partial charge in [0.2, 0.25) is 0 Å². The van der Waals surface area contributed by atoms with Gasteiger partial charge in [-0.25, -0.2) is 0 Å². The molecule has 0 spiro atoms. The van der Waals surface area contributed by atoms with Crippen molar-refractivity contribution in [3.8, 4) is 0 Å². The first-order valence-electron chi connectivity index (χ1n) is 6.60. The highest BCUT2D eigenvalue weighted by Gasteiger charge is 2.20. The molecule has 1 rings (SSSR count). The minimum atomic E-state index is 0.838. The van der Waals surface area contributed by atoms with E-state index in [1.165, 1.54) is 57.9 Å². The van der Waals surface area contributed by atoms with Crippen LogP contribution in [0.4, 0.5) is 0 Å². The van der Waals surface area contributed by atoms with Crippen LogP contribution in [0.5, 0.6) is 0 Å². The third-order valence-corrected chi connectivity index (χ3v) is 3.43. The summed E-state index contributed by atoms with van der Waals surface area (Å²) < 4.78 is 0. The largest absolute Gasteiger partial charge is 0.314 e. The van der Waals surface area contributed by atoms with Gasteiger partial charge >= 0.3 is 0 Å². The molecule has 0 heterocycles. The first-order valence-corrected chi connectivity index (χ1v) is 6.60. The van der Waals surface area contributed by atoms with Gasteiger partial charge in [0.15, 0.2) is 0 Å². The van der Waals surface area contributed by atoms with Crippen LogP contribution in [0.2, 0.25) is 0 Å². The van der Waals surface area contributed by atoms with Gasteiger partial charge in [-0.15, -0.1) is 0 Å². The van der Waals surface area contributed by atoms with Crippen molar-refractivity contribution in [1.82, 2.24) is 5.32 Å². The van der Waals surface area contributed by atoms with Gasteiger partial charge in [-0.05, 0) is 31.7 Å². The molecule has 0 aromatic carbocycles. The normalized spacial score (nSPS) is 27.9. The highest BCUT2D eigenvalue weighted by molar-refractivity contribution is 4.77. The van der Waals surface area contributed by atoms with Gasteiger partial charge in [-0.1, -0.05) is 46.0 Å². The Morgan fingerprint density at radius 3 is 2.71 bits per heavy atom. The fourth-order valence-corrected chi connectivity index (χ4v) is 2.58. The number of nitrogens with one attached hydrogen (secondary N) is 1. The minimum absolute atomic E-state index is 0.838. The molecule has 1 fully saturated rings. The van der Waals surface area contributed by atoms with Crippen LogP contribution in [0.1, 0.15) is 65.2 Å². The Bertz CT molecular complexity index is 119. The van der Waals surface area contributed by atoms with Crippen LogP contribution in [-0.4, -0.2) is 12.6 Å². The molecule has 0 aromatic rings. The minimum Gasteiger partial charge on any atom is -0.314 e. The van der Waals surface area contributed by atoms with E-state index in [-0.39, 0.29) is 0 Å². The van der Waals surface area contributed by atoms with E-state index in [2.05, 4.69) is 19.2 Å². The van der Waals surface area contributed by atoms with E-state index < -0.39 is 0 Å². The summed E-state index contributed by atoms with van der Waals surface area (Å²) in [6, 6.07) is 0.838. The fourth-order valence-electron chi connectivity index (χ4n) is 2.58. The van der Waals surface area contributed by atoms with Gasteiger partial charge in [0.25, 0.3) is 0 Å². The summed E-state index contributed by atoms with van der Waals surface area (Å²) in [5, 5.41) is 3.68. The molecule has 0 bridgehead atoms. The van der Waals surface area contributed by atoms with E-state index in [0.717, 1.165) is 12.0 Å². The van der Waals surface area contributed by atoms with Gasteiger partial charge in [0, 0.05) is 6.04 Å². The summed E-state index contributed by atoms with van der Waals surface area (Å²) in [5.74, 6) is 1.03. The van der Waals surface area contributed by atoms with Crippen LogP contribution in [0.15, 0.2) is 0 Å². The summed E-state index contributed by atoms with van der Waals surface area (Å²) in [6.45, 7) is 5.77. The summed E-state index contributed by atoms with van der Waals surface area (Å²) in [7, 11) is 0. The third-order valence-electron chi connectivity index (χ3n) is 3.43. The van der Waals surface area contributed by atoms with Crippen molar-refractivity contribution in [3.05, 3.63) is 0 Å². The van der Waals surface area contributed by atoms with Crippen LogP contribution in [0.25, 0.3) is 0 Å². The quantitative estimate of drug-likeness (QED) is 0.684. The van der Waals surface area contributed by atoms with E-state index in [9.17, 15) is 0 Å². The van der Waals surface area contributed by atoms with E-state index in [0.29, 0.717) is 0 Å². The number of hydrogen-bond acceptors (Lipinski definition) is 1. The van der Waals surface area contributed by atoms with E-state index >= 15 is 0 Å². The monoisotopic (exact) mass is 197 g/mol. The van der Waals surface area contributed by atoms with Crippen molar-refractivity contribution in [2.24, 2.45) is 5.92 Å². The molecule has 0 aromatic heterocycles. The van der Waals surface area contributed by atoms with Crippen molar-refractivity contribution < 1.29 is 0 Å². The predicted molar refractivity (Wildman–Crippen MR) is 63.6 cm³/mol. The predicted octanol–water partition coefficient (Wildman–Crippen LogP) is 3.74. The van der Waals surface area contributed by atoms with Crippen LogP contribution in [0.3, 0.4) is 0 Å². The molecule has 1 saturated carbocycles. The van der Waals surface area contributed by atoms with Gasteiger partial charge in [0.1, 0.15) is 0 Å². The second-order valence-electron chi connectivity index (χ2n) is 4.83. The van der Waals surface area contributed by atoms with Crippen molar-refractivity contribution in [2.75, 3.05) is 6.54 Å². The first-order chi connectivity index (χ1) is 6.86. The van der Waals surface area contributed by atoms with Gasteiger partial charge in [0.05, 0.1) is 0 Å². The summed E-state index contributed by atoms with van der Waals surface area (Å²) in [5.41, 5.74) is 0. The maximum atomic E-state index is 3.68. The second kappa shape index (κ2) is 7.28. The fraction of sp³-hybridized carbons (Fsp3) is 1.00. The second-order valence-corrected chi connectivity index (χ2v) is 4.83. The highest BCUT2D eigenvalue weighted by Crippen LogP contribution is 2.28. The van der Waals surface area contributed by atoms with Gasteiger partial charge in [-0.3, -0.25) is 0 Å². The summed E-state index contributed by atoms with van der Waals surface area (Å²) >= 11 is 0. The van der Waals surface area contributed by atoms with Gasteiger partial charge in [-0.2, -0.15) is 0 Å². The van der Waals surface area contributed by atoms with E-state index in [1.54, 1.807) is 0 Å². The molecule has 0 amide bonds. The van der Waals surface area contributed by atoms with E-state index in [4.69, 9.17) is 0 Å². The Hall–Kier alpha value is -0.0400. The van der Waals surface area contributed by atoms with Crippen LogP contribution >= 0.6 is 0 Å². The molecular formula is C13H27N. The Morgan fingerprint density at radius 2 is 2.00 bits per heavy atom. The molecule has 84 valence electrons. The molecule has 0 aliphatic heterocycles. The molecule has 1 heteroatoms. The third kappa shape index (κ3) is 4.45. The number of hydrogen-bond donors (Lipinski definition) is 1. The maximum Gasteiger partial charge on any atom is 0.00697 e. The zero-order valence-corrected chi connectivity index (χ0v) is 10.0. The average molecular weight is 197 g/mol. The van der Waals surface area contributed by atoms with Crippen molar-refractivity contribution in [1.29, 1.82) is 0 Å². The lowest BCUT2D eigenvalue weighted by atomic mass is 9.83. The SMILES string of the molecule is CCCCC1CCCC(NCCC)C1. The van der Waals surface area contributed by atoms with Gasteiger partial charge < -0.3 is 5.32 Å². The molecule has 0 saturated heterocycles. The highest BCUT2D eigenvalue weighted by atomic mass is 14.9. The number of unbranched alkanes of at least 4 members (excludes halogenated alkanes) is 1. The molecule has 1 aliphatic carbocycles. The van der Waals surface area contributed by atoms with Crippen molar-refractivity contribution in [2.45, 2.75) is 71.3 Å². The lowest BCUT2D eigenvalue weighted by Gasteiger charge is -2.29. The topological polar surface area (TPSA) is 12.0 Å². The number of rotatable bonds is 6. The van der Waals surface area contributed by atoms with Crippen LogP contribution < -0.4 is 5.32 Å². The Labute approximate surface area is 89.7 Å². The molecular weight excluding hydrogens is 170 g/mol. The van der Waals surface area contributed by atoms with E-state index in [1.807, 2.05) is 0 Å². The lowest BCUT2D eigenvalue weighted by Crippen LogP contribution is -2.34. The van der Waals surface area contributed by atoms with Crippen LogP contribution in [-0.2, 0) is 0 Å². The molecule has 1 N–H and O–H groups in total. The maximum absolute atomic E-state index is 3.68. The molecule has 2 unspecified atom stereocenters. The molecule has 1 aliphatic rings. The molecule has 1 nitrogen and oxygen atoms in total. The smallest absolute Gasteiger partial charge is 0.00697 e. The zero-order valence-electron chi connectivity index (χ0n) is 10.0. The van der Waals surface area contributed by atoms with Crippen LogP contribution in [0, 0.1) is 5.92 Å². The standard InChI is InChI=1S/C13H27N/c1-3-5-7-12-8-6-9-13(11-12)14-10-4-2/h12-14H,3-11H2,1-2H3. The molecule has 2 atom stereocenters. The summed E-state index contributed by atoms with van der Waals surface area (Å²) in [4.78, 5) is 0.